The first kappa shape index (κ1) is 10.7. The van der Waals surface area contributed by atoms with Crippen molar-refractivity contribution in [3.05, 3.63) is 40.2 Å². The summed E-state index contributed by atoms with van der Waals surface area (Å²) in [6.45, 7) is 6.32. The van der Waals surface area contributed by atoms with Crippen molar-refractivity contribution in [2.24, 2.45) is 0 Å². The molecular weight excluding hydrogens is 202 g/mol. The Morgan fingerprint density at radius 2 is 1.88 bits per heavy atom. The zero-order chi connectivity index (χ0) is 11.9. The Balaban J connectivity index is 2.76. The average molecular weight is 217 g/mol. The molecule has 0 spiro atoms. The SMILES string of the molecule is CC(C)(C)c1ccc2c(O)cc(=O)[nH]c2c1. The zero-order valence-electron chi connectivity index (χ0n) is 9.66. The van der Waals surface area contributed by atoms with Crippen LogP contribution in [0.3, 0.4) is 0 Å². The minimum atomic E-state index is -0.281. The molecule has 1 aromatic carbocycles. The maximum Gasteiger partial charge on any atom is 0.252 e. The Bertz CT molecular complexity index is 591. The third kappa shape index (κ3) is 1.81. The molecular formula is C13H15NO2. The Labute approximate surface area is 93.7 Å². The molecule has 0 aliphatic heterocycles. The normalized spacial score (nSPS) is 11.9. The molecule has 84 valence electrons. The first-order valence-electron chi connectivity index (χ1n) is 5.24. The van der Waals surface area contributed by atoms with Crippen LogP contribution in [-0.4, -0.2) is 10.1 Å². The fourth-order valence-corrected chi connectivity index (χ4v) is 1.71. The van der Waals surface area contributed by atoms with Gasteiger partial charge in [0.2, 0.25) is 0 Å². The number of pyridine rings is 1. The van der Waals surface area contributed by atoms with Gasteiger partial charge in [-0.05, 0) is 23.1 Å². The van der Waals surface area contributed by atoms with Gasteiger partial charge in [-0.3, -0.25) is 4.79 Å². The molecule has 2 aromatic rings. The largest absolute Gasteiger partial charge is 0.507 e. The summed E-state index contributed by atoms with van der Waals surface area (Å²) in [6, 6.07) is 6.91. The number of aromatic nitrogens is 1. The number of hydrogen-bond donors (Lipinski definition) is 2. The van der Waals surface area contributed by atoms with Crippen molar-refractivity contribution in [2.45, 2.75) is 26.2 Å². The van der Waals surface area contributed by atoms with Gasteiger partial charge in [0.05, 0.1) is 5.52 Å². The summed E-state index contributed by atoms with van der Waals surface area (Å²) in [4.78, 5) is 14.0. The number of H-pyrrole nitrogens is 1. The van der Waals surface area contributed by atoms with E-state index in [2.05, 4.69) is 25.8 Å². The highest BCUT2D eigenvalue weighted by Gasteiger charge is 2.14. The van der Waals surface area contributed by atoms with Gasteiger partial charge in [-0.15, -0.1) is 0 Å². The summed E-state index contributed by atoms with van der Waals surface area (Å²) >= 11 is 0. The van der Waals surface area contributed by atoms with Crippen LogP contribution in [0, 0.1) is 0 Å². The van der Waals surface area contributed by atoms with Crippen molar-refractivity contribution < 1.29 is 5.11 Å². The minimum Gasteiger partial charge on any atom is -0.507 e. The van der Waals surface area contributed by atoms with E-state index >= 15 is 0 Å². The fourth-order valence-electron chi connectivity index (χ4n) is 1.71. The highest BCUT2D eigenvalue weighted by molar-refractivity contribution is 5.85. The predicted molar refractivity (Wildman–Crippen MR) is 64.9 cm³/mol. The number of aromatic hydroxyl groups is 1. The van der Waals surface area contributed by atoms with Crippen LogP contribution in [0.25, 0.3) is 10.9 Å². The van der Waals surface area contributed by atoms with Crippen LogP contribution < -0.4 is 5.56 Å². The lowest BCUT2D eigenvalue weighted by molar-refractivity contribution is 0.480. The summed E-state index contributed by atoms with van der Waals surface area (Å²) in [7, 11) is 0. The minimum absolute atomic E-state index is 0.0243. The van der Waals surface area contributed by atoms with E-state index in [0.717, 1.165) is 5.56 Å². The molecule has 1 aromatic heterocycles. The lowest BCUT2D eigenvalue weighted by Gasteiger charge is -2.19. The molecule has 16 heavy (non-hydrogen) atoms. The summed E-state index contributed by atoms with van der Waals surface area (Å²) in [5, 5.41) is 10.3. The fraction of sp³-hybridized carbons (Fsp3) is 0.308. The molecule has 0 aliphatic rings. The van der Waals surface area contributed by atoms with Crippen LogP contribution in [0.1, 0.15) is 26.3 Å². The maximum absolute atomic E-state index is 11.2. The first-order valence-corrected chi connectivity index (χ1v) is 5.24. The molecule has 0 amide bonds. The standard InChI is InChI=1S/C13H15NO2/c1-13(2,3)8-4-5-9-10(6-8)14-12(16)7-11(9)15/h4-7H,1-3H3,(H2,14,15,16). The molecule has 0 bridgehead atoms. The van der Waals surface area contributed by atoms with E-state index in [-0.39, 0.29) is 16.7 Å². The van der Waals surface area contributed by atoms with Crippen LogP contribution in [0.2, 0.25) is 0 Å². The van der Waals surface area contributed by atoms with Gasteiger partial charge in [-0.25, -0.2) is 0 Å². The van der Waals surface area contributed by atoms with E-state index in [9.17, 15) is 9.90 Å². The number of hydrogen-bond acceptors (Lipinski definition) is 2. The van der Waals surface area contributed by atoms with Gasteiger partial charge < -0.3 is 10.1 Å². The molecule has 0 radical (unpaired) electrons. The Kier molecular flexibility index (Phi) is 2.26. The quantitative estimate of drug-likeness (QED) is 0.712. The average Bonchev–Trinajstić information content (AvgIpc) is 2.15. The van der Waals surface area contributed by atoms with Crippen molar-refractivity contribution in [3.8, 4) is 5.75 Å². The highest BCUT2D eigenvalue weighted by atomic mass is 16.3. The van der Waals surface area contributed by atoms with Crippen molar-refractivity contribution >= 4 is 10.9 Å². The smallest absolute Gasteiger partial charge is 0.252 e. The van der Waals surface area contributed by atoms with Crippen LogP contribution >= 0.6 is 0 Å². The number of aromatic amines is 1. The van der Waals surface area contributed by atoms with Gasteiger partial charge >= 0.3 is 0 Å². The molecule has 3 heteroatoms. The lowest BCUT2D eigenvalue weighted by atomic mass is 9.86. The molecule has 1 heterocycles. The van der Waals surface area contributed by atoms with Crippen LogP contribution in [0.4, 0.5) is 0 Å². The summed E-state index contributed by atoms with van der Waals surface area (Å²) < 4.78 is 0. The zero-order valence-corrected chi connectivity index (χ0v) is 9.66. The lowest BCUT2D eigenvalue weighted by Crippen LogP contribution is -2.11. The van der Waals surface area contributed by atoms with Crippen molar-refractivity contribution in [2.75, 3.05) is 0 Å². The van der Waals surface area contributed by atoms with Gasteiger partial charge in [0.15, 0.2) is 0 Å². The molecule has 2 N–H and O–H groups in total. The topological polar surface area (TPSA) is 53.1 Å². The maximum atomic E-state index is 11.2. The third-order valence-corrected chi connectivity index (χ3v) is 2.69. The van der Waals surface area contributed by atoms with Crippen molar-refractivity contribution in [1.29, 1.82) is 0 Å². The predicted octanol–water partition coefficient (Wildman–Crippen LogP) is 2.53. The molecule has 0 atom stereocenters. The van der Waals surface area contributed by atoms with E-state index in [1.807, 2.05) is 18.2 Å². The summed E-state index contributed by atoms with van der Waals surface area (Å²) in [5.74, 6) is 0.0270. The Hall–Kier alpha value is -1.77. The molecule has 3 nitrogen and oxygen atoms in total. The van der Waals surface area contributed by atoms with E-state index in [4.69, 9.17) is 0 Å². The van der Waals surface area contributed by atoms with Gasteiger partial charge in [0, 0.05) is 11.5 Å². The van der Waals surface area contributed by atoms with E-state index in [1.165, 1.54) is 6.07 Å². The third-order valence-electron chi connectivity index (χ3n) is 2.69. The second-order valence-electron chi connectivity index (χ2n) is 5.03. The van der Waals surface area contributed by atoms with Gasteiger partial charge in [-0.1, -0.05) is 26.8 Å². The van der Waals surface area contributed by atoms with Crippen LogP contribution in [0.15, 0.2) is 29.1 Å². The summed E-state index contributed by atoms with van der Waals surface area (Å²) in [6.07, 6.45) is 0. The van der Waals surface area contributed by atoms with E-state index in [0.29, 0.717) is 10.9 Å². The van der Waals surface area contributed by atoms with Gasteiger partial charge in [0.1, 0.15) is 5.75 Å². The van der Waals surface area contributed by atoms with Gasteiger partial charge in [-0.2, -0.15) is 0 Å². The molecule has 0 unspecified atom stereocenters. The van der Waals surface area contributed by atoms with Crippen molar-refractivity contribution in [3.63, 3.8) is 0 Å². The molecule has 0 saturated heterocycles. The van der Waals surface area contributed by atoms with Gasteiger partial charge in [0.25, 0.3) is 5.56 Å². The Morgan fingerprint density at radius 3 is 2.50 bits per heavy atom. The van der Waals surface area contributed by atoms with E-state index < -0.39 is 0 Å². The number of fused-ring (bicyclic) bond motifs is 1. The molecule has 0 saturated carbocycles. The molecule has 2 rings (SSSR count). The summed E-state index contributed by atoms with van der Waals surface area (Å²) in [5.41, 5.74) is 1.55. The Morgan fingerprint density at radius 1 is 1.19 bits per heavy atom. The number of nitrogens with one attached hydrogen (secondary N) is 1. The van der Waals surface area contributed by atoms with Crippen LogP contribution in [0.5, 0.6) is 5.75 Å². The second kappa shape index (κ2) is 3.37. The second-order valence-corrected chi connectivity index (χ2v) is 5.03. The molecule has 0 aliphatic carbocycles. The van der Waals surface area contributed by atoms with Crippen molar-refractivity contribution in [1.82, 2.24) is 4.98 Å². The first-order chi connectivity index (χ1) is 7.38. The number of rotatable bonds is 0. The number of benzene rings is 1. The highest BCUT2D eigenvalue weighted by Crippen LogP contribution is 2.27. The van der Waals surface area contributed by atoms with E-state index in [1.54, 1.807) is 0 Å². The molecule has 0 fully saturated rings. The monoisotopic (exact) mass is 217 g/mol. The van der Waals surface area contributed by atoms with Crippen LogP contribution in [-0.2, 0) is 5.41 Å².